The molecule has 2 saturated heterocycles. The third-order valence-corrected chi connectivity index (χ3v) is 11.1. The van der Waals surface area contributed by atoms with Crippen LogP contribution in [0.25, 0.3) is 39.0 Å². The van der Waals surface area contributed by atoms with Crippen molar-refractivity contribution >= 4 is 40.7 Å². The van der Waals surface area contributed by atoms with Gasteiger partial charge in [0.2, 0.25) is 11.8 Å². The van der Waals surface area contributed by atoms with E-state index < -0.39 is 11.7 Å². The van der Waals surface area contributed by atoms with Crippen molar-refractivity contribution in [1.82, 2.24) is 34.3 Å². The molecule has 3 aromatic heterocycles. The van der Waals surface area contributed by atoms with E-state index in [9.17, 15) is 19.6 Å². The van der Waals surface area contributed by atoms with E-state index in [1.807, 2.05) is 55.5 Å². The number of hydrogen-bond acceptors (Lipinski definition) is 9. The lowest BCUT2D eigenvalue weighted by atomic mass is 9.84. The van der Waals surface area contributed by atoms with E-state index in [4.69, 9.17) is 42.8 Å². The molecule has 7 rings (SSSR count). The van der Waals surface area contributed by atoms with Gasteiger partial charge in [-0.15, -0.1) is 0 Å². The van der Waals surface area contributed by atoms with Gasteiger partial charge in [-0.3, -0.25) is 19.1 Å². The second-order valence-electron chi connectivity index (χ2n) is 16.0. The molecule has 2 amide bonds. The fourth-order valence-corrected chi connectivity index (χ4v) is 8.08. The van der Waals surface area contributed by atoms with Crippen LogP contribution in [0.2, 0.25) is 10.0 Å². The summed E-state index contributed by atoms with van der Waals surface area (Å²) in [6.45, 7) is 9.45. The van der Waals surface area contributed by atoms with Crippen molar-refractivity contribution in [2.75, 3.05) is 26.7 Å². The fraction of sp³-hybridized carbons (Fsp3) is 0.381. The van der Waals surface area contributed by atoms with Gasteiger partial charge in [0.1, 0.15) is 16.9 Å². The Hall–Kier alpha value is -5.42. The first kappa shape index (κ1) is 39.8. The summed E-state index contributed by atoms with van der Waals surface area (Å²) in [7, 11) is 3.22. The average Bonchev–Trinajstić information content (AvgIpc) is 3.78. The van der Waals surface area contributed by atoms with Crippen LogP contribution in [-0.4, -0.2) is 79.4 Å². The predicted molar refractivity (Wildman–Crippen MR) is 218 cm³/mol. The van der Waals surface area contributed by atoms with Crippen LogP contribution >= 0.6 is 23.2 Å². The monoisotopic (exact) mass is 810 g/mol. The molecule has 0 radical (unpaired) electrons. The van der Waals surface area contributed by atoms with Crippen LogP contribution in [0.3, 0.4) is 0 Å². The Bertz CT molecular complexity index is 2500. The van der Waals surface area contributed by atoms with E-state index in [0.717, 1.165) is 5.56 Å². The molecule has 0 saturated carbocycles. The molecule has 5 aromatic rings. The van der Waals surface area contributed by atoms with Gasteiger partial charge in [-0.25, -0.2) is 14.3 Å². The molecule has 2 aliphatic heterocycles. The Morgan fingerprint density at radius 1 is 1.05 bits per heavy atom. The molecule has 13 nitrogen and oxygen atoms in total. The highest BCUT2D eigenvalue weighted by atomic mass is 35.5. The number of carbonyl (C=O) groups is 2. The van der Waals surface area contributed by atoms with Crippen LogP contribution in [0, 0.1) is 16.7 Å². The minimum atomic E-state index is -0.710. The van der Waals surface area contributed by atoms with Crippen molar-refractivity contribution in [3.05, 3.63) is 92.6 Å². The molecule has 1 atom stereocenters. The zero-order valence-corrected chi connectivity index (χ0v) is 34.2. The van der Waals surface area contributed by atoms with Gasteiger partial charge < -0.3 is 19.7 Å². The minimum Gasteiger partial charge on any atom is -0.481 e. The number of pyridine rings is 1. The summed E-state index contributed by atoms with van der Waals surface area (Å²) in [5.41, 5.74) is 3.76. The van der Waals surface area contributed by atoms with Crippen molar-refractivity contribution in [2.45, 2.75) is 65.3 Å². The van der Waals surface area contributed by atoms with Crippen LogP contribution in [-0.2, 0) is 29.7 Å². The maximum Gasteiger partial charge on any atom is 0.410 e. The summed E-state index contributed by atoms with van der Waals surface area (Å²) in [6, 6.07) is 18.9. The summed E-state index contributed by atoms with van der Waals surface area (Å²) in [5, 5.41) is 18.0. The number of methoxy groups -OCH3 is 1. The maximum atomic E-state index is 13.5. The Morgan fingerprint density at radius 2 is 1.72 bits per heavy atom. The van der Waals surface area contributed by atoms with Gasteiger partial charge in [-0.05, 0) is 52.3 Å². The van der Waals surface area contributed by atoms with Crippen LogP contribution in [0.5, 0.6) is 5.88 Å². The van der Waals surface area contributed by atoms with Crippen molar-refractivity contribution in [1.29, 1.82) is 5.26 Å². The van der Waals surface area contributed by atoms with Crippen molar-refractivity contribution in [3.63, 3.8) is 0 Å². The van der Waals surface area contributed by atoms with Crippen LogP contribution < -0.4 is 15.6 Å². The number of likely N-dealkylation sites (tertiary alicyclic amines) is 1. The number of rotatable bonds is 10. The number of ether oxygens (including phenoxy) is 2. The highest BCUT2D eigenvalue weighted by molar-refractivity contribution is 6.39. The molecule has 1 N–H and O–H groups in total. The Kier molecular flexibility index (Phi) is 10.8. The lowest BCUT2D eigenvalue weighted by Gasteiger charge is -2.43. The van der Waals surface area contributed by atoms with Crippen molar-refractivity contribution in [2.24, 2.45) is 12.5 Å². The number of fused-ring (bicyclic) bond motifs is 1. The van der Waals surface area contributed by atoms with Gasteiger partial charge in [0.15, 0.2) is 0 Å². The average molecular weight is 812 g/mol. The van der Waals surface area contributed by atoms with Gasteiger partial charge in [0.05, 0.1) is 47.4 Å². The largest absolute Gasteiger partial charge is 0.481 e. The van der Waals surface area contributed by atoms with Crippen LogP contribution in [0.1, 0.15) is 51.9 Å². The van der Waals surface area contributed by atoms with Gasteiger partial charge in [0.25, 0.3) is 5.56 Å². The number of nitriles is 1. The van der Waals surface area contributed by atoms with Crippen molar-refractivity contribution in [3.8, 4) is 45.5 Å². The van der Waals surface area contributed by atoms with E-state index in [1.165, 1.54) is 7.11 Å². The van der Waals surface area contributed by atoms with E-state index in [-0.39, 0.29) is 36.0 Å². The maximum absolute atomic E-state index is 13.5. The Morgan fingerprint density at radius 3 is 2.35 bits per heavy atom. The lowest BCUT2D eigenvalue weighted by molar-refractivity contribution is -0.119. The van der Waals surface area contributed by atoms with Gasteiger partial charge in [-0.2, -0.15) is 10.4 Å². The second kappa shape index (κ2) is 15.5. The quantitative estimate of drug-likeness (QED) is 0.156. The number of carbonyl (C=O) groups excluding carboxylic acids is 2. The van der Waals surface area contributed by atoms with Gasteiger partial charge in [-0.1, -0.05) is 59.6 Å². The highest BCUT2D eigenvalue weighted by Gasteiger charge is 2.39. The van der Waals surface area contributed by atoms with E-state index in [0.29, 0.717) is 93.3 Å². The molecule has 5 heterocycles. The van der Waals surface area contributed by atoms with Crippen molar-refractivity contribution < 1.29 is 19.1 Å². The SMILES string of the molecule is COc1nc(-c2cccc(-c3cccc(-c4cc5c(=O)n(C)c(CN6CC(C)(C#N)C6)nn5c4)c3Cl)c2Cl)ccc1CN(C[C@@H]1CCC(=O)N1)C(=O)OC(C)(C)C. The molecule has 296 valence electrons. The molecule has 2 aliphatic rings. The first-order valence-electron chi connectivity index (χ1n) is 18.7. The second-order valence-corrected chi connectivity index (χ2v) is 16.8. The molecule has 2 aromatic carbocycles. The van der Waals surface area contributed by atoms with E-state index in [2.05, 4.69) is 16.3 Å². The number of halogens is 2. The lowest BCUT2D eigenvalue weighted by Crippen LogP contribution is -2.53. The fourth-order valence-electron chi connectivity index (χ4n) is 7.42. The summed E-state index contributed by atoms with van der Waals surface area (Å²) in [5.74, 6) is 0.865. The Balaban J connectivity index is 1.17. The minimum absolute atomic E-state index is 0.0404. The number of aromatic nitrogens is 4. The number of amides is 2. The summed E-state index contributed by atoms with van der Waals surface area (Å²) in [6.07, 6.45) is 2.33. The molecular formula is C42H44Cl2N8O5. The van der Waals surface area contributed by atoms with Gasteiger partial charge >= 0.3 is 6.09 Å². The first-order valence-corrected chi connectivity index (χ1v) is 19.4. The summed E-state index contributed by atoms with van der Waals surface area (Å²) in [4.78, 5) is 47.2. The topological polar surface area (TPSA) is 147 Å². The van der Waals surface area contributed by atoms with E-state index in [1.54, 1.807) is 54.1 Å². The Labute approximate surface area is 340 Å². The smallest absolute Gasteiger partial charge is 0.410 e. The van der Waals surface area contributed by atoms with Crippen LogP contribution in [0.4, 0.5) is 4.79 Å². The third kappa shape index (κ3) is 8.21. The molecule has 0 bridgehead atoms. The molecule has 15 heteroatoms. The molecule has 2 fully saturated rings. The van der Waals surface area contributed by atoms with Gasteiger partial charge in [0, 0.05) is 78.7 Å². The normalized spacial score (nSPS) is 16.5. The molecule has 0 unspecified atom stereocenters. The highest BCUT2D eigenvalue weighted by Crippen LogP contribution is 2.43. The summed E-state index contributed by atoms with van der Waals surface area (Å²) >= 11 is 14.3. The molecule has 0 spiro atoms. The number of benzene rings is 2. The number of hydrogen-bond donors (Lipinski definition) is 1. The zero-order chi connectivity index (χ0) is 40.8. The standard InChI is InChI=1S/C42H44Cl2N8O5/c1-41(2,3)57-40(55)51(20-27-14-16-35(53)46-27)18-25-13-15-32(47-38(25)56-6)31-12-8-11-30(37(31)44)29-10-7-9-28(36(29)43)26-17-33-39(54)49(5)34(48-52(33)19-26)21-50-23-42(4,22-45)24-50/h7-13,15,17,19,27H,14,16,18,20-21,23-24H2,1-6H3,(H,46,53)/t27-/m0/s1. The van der Waals surface area contributed by atoms with E-state index >= 15 is 0 Å². The van der Waals surface area contributed by atoms with Crippen LogP contribution in [0.15, 0.2) is 65.6 Å². The zero-order valence-electron chi connectivity index (χ0n) is 32.7. The summed E-state index contributed by atoms with van der Waals surface area (Å²) < 4.78 is 14.6. The molecular weight excluding hydrogens is 767 g/mol. The molecule has 0 aliphatic carbocycles. The number of nitrogens with zero attached hydrogens (tertiary/aromatic N) is 7. The first-order chi connectivity index (χ1) is 27.1. The number of nitrogens with one attached hydrogen (secondary N) is 1. The third-order valence-electron chi connectivity index (χ3n) is 10.3. The predicted octanol–water partition coefficient (Wildman–Crippen LogP) is 7.11. The molecule has 57 heavy (non-hydrogen) atoms.